The van der Waals surface area contributed by atoms with E-state index in [1.54, 1.807) is 12.1 Å². The zero-order valence-electron chi connectivity index (χ0n) is 13.4. The summed E-state index contributed by atoms with van der Waals surface area (Å²) >= 11 is 0. The second-order valence-corrected chi connectivity index (χ2v) is 7.38. The molecule has 0 saturated carbocycles. The number of hydrogen-bond donors (Lipinski definition) is 2. The highest BCUT2D eigenvalue weighted by atomic mass is 32.2. The minimum atomic E-state index is -3.30. The highest BCUT2D eigenvalue weighted by molar-refractivity contribution is 7.92. The normalized spacial score (nSPS) is 13.3. The maximum Gasteiger partial charge on any atom is 0.194 e. The summed E-state index contributed by atoms with van der Waals surface area (Å²) in [6, 6.07) is 7.10. The molecule has 0 radical (unpaired) electrons. The van der Waals surface area contributed by atoms with Gasteiger partial charge in [-0.2, -0.15) is 0 Å². The third kappa shape index (κ3) is 5.77. The van der Waals surface area contributed by atoms with Crippen molar-refractivity contribution in [3.63, 3.8) is 0 Å². The predicted molar refractivity (Wildman–Crippen MR) is 88.2 cm³/mol. The van der Waals surface area contributed by atoms with Crippen molar-refractivity contribution in [2.45, 2.75) is 50.3 Å². The maximum atomic E-state index is 12.7. The summed E-state index contributed by atoms with van der Waals surface area (Å²) in [5.74, 6) is 0. The SMILES string of the molecule is CCNCCCCC(NCC)S(=O)(=O)c1ccc(C)cc1. The fraction of sp³-hybridized carbons (Fsp3) is 0.625. The number of hydrogen-bond acceptors (Lipinski definition) is 4. The number of unbranched alkanes of at least 4 members (excludes halogenated alkanes) is 1. The molecule has 0 aliphatic rings. The van der Waals surface area contributed by atoms with Gasteiger partial charge >= 0.3 is 0 Å². The smallest absolute Gasteiger partial charge is 0.194 e. The molecule has 0 spiro atoms. The molecular weight excluding hydrogens is 284 g/mol. The average molecular weight is 312 g/mol. The largest absolute Gasteiger partial charge is 0.317 e. The van der Waals surface area contributed by atoms with E-state index < -0.39 is 15.2 Å². The van der Waals surface area contributed by atoms with Crippen molar-refractivity contribution in [3.05, 3.63) is 29.8 Å². The Kier molecular flexibility index (Phi) is 7.93. The number of benzene rings is 1. The second-order valence-electron chi connectivity index (χ2n) is 5.25. The molecule has 0 aliphatic carbocycles. The van der Waals surface area contributed by atoms with Crippen LogP contribution < -0.4 is 10.6 Å². The van der Waals surface area contributed by atoms with Crippen LogP contribution in [-0.2, 0) is 9.84 Å². The van der Waals surface area contributed by atoms with Crippen LogP contribution in [0.2, 0.25) is 0 Å². The van der Waals surface area contributed by atoms with Crippen molar-refractivity contribution in [2.75, 3.05) is 19.6 Å². The van der Waals surface area contributed by atoms with Crippen LogP contribution >= 0.6 is 0 Å². The molecule has 120 valence electrons. The Hall–Kier alpha value is -0.910. The first-order valence-electron chi connectivity index (χ1n) is 7.77. The van der Waals surface area contributed by atoms with Crippen LogP contribution in [0.15, 0.2) is 29.2 Å². The molecule has 21 heavy (non-hydrogen) atoms. The predicted octanol–water partition coefficient (Wildman–Crippen LogP) is 2.48. The van der Waals surface area contributed by atoms with Crippen molar-refractivity contribution in [3.8, 4) is 0 Å². The van der Waals surface area contributed by atoms with Gasteiger partial charge in [0.05, 0.1) is 4.90 Å². The molecule has 0 amide bonds. The van der Waals surface area contributed by atoms with E-state index in [2.05, 4.69) is 17.6 Å². The molecule has 1 unspecified atom stereocenters. The molecule has 2 N–H and O–H groups in total. The fourth-order valence-corrected chi connectivity index (χ4v) is 3.95. The molecule has 0 bridgehead atoms. The highest BCUT2D eigenvalue weighted by Crippen LogP contribution is 2.19. The van der Waals surface area contributed by atoms with E-state index in [0.29, 0.717) is 17.9 Å². The van der Waals surface area contributed by atoms with Crippen LogP contribution in [0, 0.1) is 6.92 Å². The summed E-state index contributed by atoms with van der Waals surface area (Å²) in [6.45, 7) is 8.53. The Morgan fingerprint density at radius 2 is 1.71 bits per heavy atom. The number of aryl methyl sites for hydroxylation is 1. The minimum Gasteiger partial charge on any atom is -0.317 e. The lowest BCUT2D eigenvalue weighted by Gasteiger charge is -2.18. The van der Waals surface area contributed by atoms with Gasteiger partial charge in [-0.25, -0.2) is 8.42 Å². The minimum absolute atomic E-state index is 0.408. The van der Waals surface area contributed by atoms with E-state index in [0.717, 1.165) is 31.5 Å². The average Bonchev–Trinajstić information content (AvgIpc) is 2.46. The molecule has 0 aromatic heterocycles. The van der Waals surface area contributed by atoms with Gasteiger partial charge in [-0.3, -0.25) is 0 Å². The van der Waals surface area contributed by atoms with Crippen molar-refractivity contribution in [1.29, 1.82) is 0 Å². The van der Waals surface area contributed by atoms with Gasteiger partial charge in [0, 0.05) is 0 Å². The van der Waals surface area contributed by atoms with Gasteiger partial charge in [0.2, 0.25) is 0 Å². The summed E-state index contributed by atoms with van der Waals surface area (Å²) in [5, 5.41) is 5.89. The summed E-state index contributed by atoms with van der Waals surface area (Å²) in [6.07, 6.45) is 2.55. The van der Waals surface area contributed by atoms with Crippen LogP contribution in [0.4, 0.5) is 0 Å². The van der Waals surface area contributed by atoms with Gasteiger partial charge in [-0.1, -0.05) is 31.5 Å². The third-order valence-corrected chi connectivity index (χ3v) is 5.56. The zero-order valence-corrected chi connectivity index (χ0v) is 14.2. The van der Waals surface area contributed by atoms with E-state index in [1.165, 1.54) is 0 Å². The van der Waals surface area contributed by atoms with Gasteiger partial charge in [-0.15, -0.1) is 0 Å². The summed E-state index contributed by atoms with van der Waals surface area (Å²) in [5.41, 5.74) is 1.07. The van der Waals surface area contributed by atoms with Crippen LogP contribution in [0.25, 0.3) is 0 Å². The molecule has 0 aliphatic heterocycles. The quantitative estimate of drug-likeness (QED) is 0.652. The lowest BCUT2D eigenvalue weighted by molar-refractivity contribution is 0.516. The third-order valence-electron chi connectivity index (χ3n) is 3.48. The molecule has 1 rings (SSSR count). The molecule has 5 heteroatoms. The van der Waals surface area contributed by atoms with Gasteiger partial charge < -0.3 is 10.6 Å². The van der Waals surface area contributed by atoms with E-state index in [-0.39, 0.29) is 0 Å². The molecule has 1 aromatic rings. The maximum absolute atomic E-state index is 12.7. The van der Waals surface area contributed by atoms with Crippen molar-refractivity contribution in [1.82, 2.24) is 10.6 Å². The zero-order chi connectivity index (χ0) is 15.7. The van der Waals surface area contributed by atoms with Gasteiger partial charge in [-0.05, 0) is 58.0 Å². The molecule has 0 saturated heterocycles. The first kappa shape index (κ1) is 18.1. The van der Waals surface area contributed by atoms with Crippen molar-refractivity contribution >= 4 is 9.84 Å². The lowest BCUT2D eigenvalue weighted by Crippen LogP contribution is -2.36. The van der Waals surface area contributed by atoms with E-state index in [4.69, 9.17) is 0 Å². The molecule has 1 atom stereocenters. The second kappa shape index (κ2) is 9.18. The first-order chi connectivity index (χ1) is 10.0. The topological polar surface area (TPSA) is 58.2 Å². The molecule has 0 heterocycles. The van der Waals surface area contributed by atoms with E-state index >= 15 is 0 Å². The molecule has 4 nitrogen and oxygen atoms in total. The number of rotatable bonds is 10. The molecular formula is C16H28N2O2S. The molecule has 0 fully saturated rings. The van der Waals surface area contributed by atoms with Crippen LogP contribution in [0.3, 0.4) is 0 Å². The van der Waals surface area contributed by atoms with Crippen molar-refractivity contribution in [2.24, 2.45) is 0 Å². The van der Waals surface area contributed by atoms with Crippen LogP contribution in [0.1, 0.15) is 38.7 Å². The van der Waals surface area contributed by atoms with Gasteiger partial charge in [0.1, 0.15) is 5.37 Å². The Balaban J connectivity index is 2.71. The Morgan fingerprint density at radius 1 is 1.05 bits per heavy atom. The van der Waals surface area contributed by atoms with E-state index in [9.17, 15) is 8.42 Å². The summed E-state index contributed by atoms with van der Waals surface area (Å²) in [7, 11) is -3.30. The van der Waals surface area contributed by atoms with Crippen LogP contribution in [0.5, 0.6) is 0 Å². The first-order valence-corrected chi connectivity index (χ1v) is 9.31. The number of sulfone groups is 1. The lowest BCUT2D eigenvalue weighted by atomic mass is 10.2. The van der Waals surface area contributed by atoms with E-state index in [1.807, 2.05) is 26.0 Å². The monoisotopic (exact) mass is 312 g/mol. The van der Waals surface area contributed by atoms with Crippen LogP contribution in [-0.4, -0.2) is 33.4 Å². The van der Waals surface area contributed by atoms with Gasteiger partial charge in [0.25, 0.3) is 0 Å². The number of nitrogens with one attached hydrogen (secondary N) is 2. The summed E-state index contributed by atoms with van der Waals surface area (Å²) in [4.78, 5) is 0.408. The standard InChI is InChI=1S/C16H28N2O2S/c1-4-17-13-7-6-8-16(18-5-2)21(19,20)15-11-9-14(3)10-12-15/h9-12,16-18H,4-8,13H2,1-3H3. The fourth-order valence-electron chi connectivity index (χ4n) is 2.24. The van der Waals surface area contributed by atoms with Crippen molar-refractivity contribution < 1.29 is 8.42 Å². The Labute approximate surface area is 129 Å². The van der Waals surface area contributed by atoms with Gasteiger partial charge in [0.15, 0.2) is 9.84 Å². The highest BCUT2D eigenvalue weighted by Gasteiger charge is 2.25. The summed E-state index contributed by atoms with van der Waals surface area (Å²) < 4.78 is 25.4. The molecule has 1 aromatic carbocycles. The Bertz CT molecular complexity index is 498. The Morgan fingerprint density at radius 3 is 2.29 bits per heavy atom.